The predicted molar refractivity (Wildman–Crippen MR) is 82.7 cm³/mol. The molecule has 8 heteroatoms. The summed E-state index contributed by atoms with van der Waals surface area (Å²) in [6.45, 7) is 0.931. The molecule has 1 aliphatic rings. The minimum absolute atomic E-state index is 0.102. The van der Waals surface area contributed by atoms with Crippen LogP contribution in [0.2, 0.25) is 0 Å². The van der Waals surface area contributed by atoms with Crippen LogP contribution in [0, 0.1) is 0 Å². The van der Waals surface area contributed by atoms with Crippen LogP contribution in [0.15, 0.2) is 29.2 Å². The van der Waals surface area contributed by atoms with Crippen LogP contribution in [-0.2, 0) is 0 Å². The zero-order valence-electron chi connectivity index (χ0n) is 12.3. The van der Waals surface area contributed by atoms with Gasteiger partial charge in [0.1, 0.15) is 11.0 Å². The molecule has 2 N–H and O–H groups in total. The summed E-state index contributed by atoms with van der Waals surface area (Å²) in [5, 5.41) is 13.6. The van der Waals surface area contributed by atoms with Gasteiger partial charge in [0.05, 0.1) is 5.69 Å². The minimum atomic E-state index is -0.895. The van der Waals surface area contributed by atoms with Gasteiger partial charge in [0.25, 0.3) is 5.56 Å². The first-order valence-electron chi connectivity index (χ1n) is 7.48. The lowest BCUT2D eigenvalue weighted by Gasteiger charge is -2.30. The third kappa shape index (κ3) is 2.23. The number of piperidine rings is 1. The average Bonchev–Trinajstić information content (AvgIpc) is 2.93. The Morgan fingerprint density at radius 2 is 2.13 bits per heavy atom. The van der Waals surface area contributed by atoms with Gasteiger partial charge < -0.3 is 15.0 Å². The summed E-state index contributed by atoms with van der Waals surface area (Å²) in [7, 11) is 0. The van der Waals surface area contributed by atoms with Crippen molar-refractivity contribution in [2.75, 3.05) is 13.1 Å². The van der Waals surface area contributed by atoms with Crippen molar-refractivity contribution in [1.82, 2.24) is 24.5 Å². The number of rotatable bonds is 1. The SMILES string of the molecule is O=C(O)N1CCC(c2cc(=O)[nH]c3c4ncccc4nn23)CC1. The summed E-state index contributed by atoms with van der Waals surface area (Å²) in [5.41, 5.74) is 2.59. The normalized spacial score (nSPS) is 16.3. The van der Waals surface area contributed by atoms with Crippen molar-refractivity contribution in [3.05, 3.63) is 40.4 Å². The number of aromatic nitrogens is 4. The number of hydrogen-bond acceptors (Lipinski definition) is 4. The molecule has 4 rings (SSSR count). The molecule has 23 heavy (non-hydrogen) atoms. The number of H-pyrrole nitrogens is 1. The first-order valence-corrected chi connectivity index (χ1v) is 7.48. The zero-order valence-corrected chi connectivity index (χ0v) is 12.3. The van der Waals surface area contributed by atoms with Crippen molar-refractivity contribution in [2.45, 2.75) is 18.8 Å². The molecule has 0 aliphatic carbocycles. The second kappa shape index (κ2) is 5.08. The molecular formula is C15H15N5O3. The van der Waals surface area contributed by atoms with Crippen LogP contribution in [0.25, 0.3) is 16.7 Å². The lowest BCUT2D eigenvalue weighted by molar-refractivity contribution is 0.131. The molecule has 0 bridgehead atoms. The molecule has 0 spiro atoms. The number of carboxylic acid groups (broad SMARTS) is 1. The summed E-state index contributed by atoms with van der Waals surface area (Å²) in [6.07, 6.45) is 2.12. The zero-order chi connectivity index (χ0) is 16.0. The number of nitrogens with zero attached hydrogens (tertiary/aromatic N) is 4. The van der Waals surface area contributed by atoms with E-state index in [1.165, 1.54) is 4.90 Å². The van der Waals surface area contributed by atoms with Gasteiger partial charge in [0, 0.05) is 31.3 Å². The Morgan fingerprint density at radius 1 is 1.35 bits per heavy atom. The van der Waals surface area contributed by atoms with E-state index in [9.17, 15) is 9.59 Å². The summed E-state index contributed by atoms with van der Waals surface area (Å²) >= 11 is 0. The van der Waals surface area contributed by atoms with Crippen LogP contribution in [0.1, 0.15) is 24.5 Å². The average molecular weight is 313 g/mol. The first kappa shape index (κ1) is 13.7. The summed E-state index contributed by atoms with van der Waals surface area (Å²) in [6, 6.07) is 5.21. The molecule has 1 aliphatic heterocycles. The van der Waals surface area contributed by atoms with Gasteiger partial charge in [-0.05, 0) is 25.0 Å². The number of pyridine rings is 1. The highest BCUT2D eigenvalue weighted by Gasteiger charge is 2.26. The van der Waals surface area contributed by atoms with Gasteiger partial charge in [-0.15, -0.1) is 0 Å². The van der Waals surface area contributed by atoms with Gasteiger partial charge in [-0.25, -0.2) is 9.31 Å². The van der Waals surface area contributed by atoms with E-state index in [4.69, 9.17) is 5.11 Å². The Kier molecular flexibility index (Phi) is 3.03. The molecule has 0 radical (unpaired) electrons. The van der Waals surface area contributed by atoms with Crippen LogP contribution in [-0.4, -0.2) is 48.8 Å². The van der Waals surface area contributed by atoms with Gasteiger partial charge in [-0.1, -0.05) is 0 Å². The van der Waals surface area contributed by atoms with Crippen molar-refractivity contribution >= 4 is 22.8 Å². The lowest BCUT2D eigenvalue weighted by atomic mass is 9.93. The van der Waals surface area contributed by atoms with E-state index in [1.807, 2.05) is 6.07 Å². The third-order valence-electron chi connectivity index (χ3n) is 4.38. The van der Waals surface area contributed by atoms with E-state index in [-0.39, 0.29) is 11.5 Å². The van der Waals surface area contributed by atoms with E-state index >= 15 is 0 Å². The molecule has 118 valence electrons. The van der Waals surface area contributed by atoms with Crippen LogP contribution in [0.3, 0.4) is 0 Å². The van der Waals surface area contributed by atoms with Crippen LogP contribution < -0.4 is 5.56 Å². The fraction of sp³-hybridized carbons (Fsp3) is 0.333. The molecule has 1 fully saturated rings. The third-order valence-corrected chi connectivity index (χ3v) is 4.38. The summed E-state index contributed by atoms with van der Waals surface area (Å²) < 4.78 is 1.74. The fourth-order valence-electron chi connectivity index (χ4n) is 3.22. The second-order valence-electron chi connectivity index (χ2n) is 5.73. The molecule has 4 heterocycles. The van der Waals surface area contributed by atoms with Crippen molar-refractivity contribution in [3.63, 3.8) is 0 Å². The van der Waals surface area contributed by atoms with E-state index in [0.717, 1.165) is 11.2 Å². The first-order chi connectivity index (χ1) is 11.1. The number of aromatic amines is 1. The largest absolute Gasteiger partial charge is 0.465 e. The molecule has 8 nitrogen and oxygen atoms in total. The minimum Gasteiger partial charge on any atom is -0.465 e. The van der Waals surface area contributed by atoms with Gasteiger partial charge in [0.2, 0.25) is 0 Å². The monoisotopic (exact) mass is 313 g/mol. The maximum absolute atomic E-state index is 12.0. The molecule has 0 saturated carbocycles. The van der Waals surface area contributed by atoms with E-state index in [1.54, 1.807) is 22.8 Å². The van der Waals surface area contributed by atoms with Gasteiger partial charge in [-0.3, -0.25) is 9.78 Å². The molecular weight excluding hydrogens is 298 g/mol. The number of fused-ring (bicyclic) bond motifs is 3. The highest BCUT2D eigenvalue weighted by atomic mass is 16.4. The van der Waals surface area contributed by atoms with Crippen molar-refractivity contribution in [1.29, 1.82) is 0 Å². The Hall–Kier alpha value is -2.90. The molecule has 0 unspecified atom stereocenters. The number of carbonyl (C=O) groups is 1. The number of nitrogens with one attached hydrogen (secondary N) is 1. The van der Waals surface area contributed by atoms with Crippen LogP contribution >= 0.6 is 0 Å². The molecule has 3 aromatic heterocycles. The standard InChI is InChI=1S/C15H15N5O3/c21-12-8-11(9-3-6-19(7-4-9)15(22)23)20-14(17-12)13-10(18-20)2-1-5-16-13/h1-2,5,8-9H,3-4,6-7H2,(H,17,21)(H,22,23). The van der Waals surface area contributed by atoms with Crippen molar-refractivity contribution in [2.24, 2.45) is 0 Å². The van der Waals surface area contributed by atoms with Crippen molar-refractivity contribution < 1.29 is 9.90 Å². The Balaban J connectivity index is 1.81. The quantitative estimate of drug-likeness (QED) is 0.707. The maximum atomic E-state index is 12.0. The number of hydrogen-bond donors (Lipinski definition) is 2. The molecule has 1 amide bonds. The summed E-state index contributed by atoms with van der Waals surface area (Å²) in [5.74, 6) is 0.102. The predicted octanol–water partition coefficient (Wildman–Crippen LogP) is 1.43. The lowest BCUT2D eigenvalue weighted by Crippen LogP contribution is -2.37. The highest BCUT2D eigenvalue weighted by Crippen LogP contribution is 2.28. The van der Waals surface area contributed by atoms with Gasteiger partial charge in [0.15, 0.2) is 5.65 Å². The molecule has 0 aromatic carbocycles. The number of amides is 1. The molecule has 3 aromatic rings. The van der Waals surface area contributed by atoms with Crippen LogP contribution in [0.4, 0.5) is 4.79 Å². The summed E-state index contributed by atoms with van der Waals surface area (Å²) in [4.78, 5) is 31.6. The van der Waals surface area contributed by atoms with E-state index in [2.05, 4.69) is 15.1 Å². The van der Waals surface area contributed by atoms with E-state index < -0.39 is 6.09 Å². The van der Waals surface area contributed by atoms with Gasteiger partial charge >= 0.3 is 6.09 Å². The second-order valence-corrected chi connectivity index (χ2v) is 5.73. The topological polar surface area (TPSA) is 104 Å². The van der Waals surface area contributed by atoms with Gasteiger partial charge in [-0.2, -0.15) is 5.10 Å². The van der Waals surface area contributed by atoms with E-state index in [0.29, 0.717) is 37.1 Å². The Labute approximate surface area is 130 Å². The maximum Gasteiger partial charge on any atom is 0.407 e. The number of likely N-dealkylation sites (tertiary alicyclic amines) is 1. The molecule has 0 atom stereocenters. The Bertz CT molecular complexity index is 953. The molecule has 1 saturated heterocycles. The fourth-order valence-corrected chi connectivity index (χ4v) is 3.22. The highest BCUT2D eigenvalue weighted by molar-refractivity contribution is 5.87. The smallest absolute Gasteiger partial charge is 0.407 e. The Morgan fingerprint density at radius 3 is 2.87 bits per heavy atom. The van der Waals surface area contributed by atoms with Crippen LogP contribution in [0.5, 0.6) is 0 Å². The van der Waals surface area contributed by atoms with Crippen molar-refractivity contribution in [3.8, 4) is 0 Å².